The second kappa shape index (κ2) is 7.91. The Labute approximate surface area is 110 Å². The van der Waals surface area contributed by atoms with Crippen LogP contribution < -0.4 is 5.32 Å². The van der Waals surface area contributed by atoms with Crippen molar-refractivity contribution in [1.82, 2.24) is 10.2 Å². The minimum atomic E-state index is 0. The molecule has 1 aliphatic rings. The molecule has 16 heavy (non-hydrogen) atoms. The van der Waals surface area contributed by atoms with Crippen LogP contribution in [-0.2, 0) is 6.54 Å². The number of halogens is 2. The molecule has 2 rings (SSSR count). The normalized spacial score (nSPS) is 16.1. The van der Waals surface area contributed by atoms with E-state index in [1.807, 2.05) is 0 Å². The molecular weight excluding hydrogens is 243 g/mol. The third kappa shape index (κ3) is 4.71. The van der Waals surface area contributed by atoms with Crippen LogP contribution in [0.5, 0.6) is 0 Å². The largest absolute Gasteiger partial charge is 0.314 e. The highest BCUT2D eigenvalue weighted by molar-refractivity contribution is 5.85. The zero-order valence-electron chi connectivity index (χ0n) is 9.61. The molecule has 0 unspecified atom stereocenters. The number of rotatable bonds is 2. The number of benzene rings is 1. The van der Waals surface area contributed by atoms with Crippen LogP contribution in [0.3, 0.4) is 0 Å². The summed E-state index contributed by atoms with van der Waals surface area (Å²) in [4.78, 5) is 2.50. The lowest BCUT2D eigenvalue weighted by atomic mass is 10.1. The number of nitrogens with one attached hydrogen (secondary N) is 1. The van der Waals surface area contributed by atoms with Crippen LogP contribution in [0.1, 0.15) is 11.1 Å². The fraction of sp³-hybridized carbons (Fsp3) is 0.500. The van der Waals surface area contributed by atoms with Gasteiger partial charge in [-0.3, -0.25) is 4.90 Å². The summed E-state index contributed by atoms with van der Waals surface area (Å²) < 4.78 is 0. The number of hydrogen-bond acceptors (Lipinski definition) is 2. The van der Waals surface area contributed by atoms with E-state index in [1.165, 1.54) is 24.2 Å². The molecule has 0 amide bonds. The fourth-order valence-electron chi connectivity index (χ4n) is 1.82. The van der Waals surface area contributed by atoms with Crippen molar-refractivity contribution in [2.24, 2.45) is 0 Å². The quantitative estimate of drug-likeness (QED) is 0.880. The summed E-state index contributed by atoms with van der Waals surface area (Å²) in [6.45, 7) is 7.84. The Morgan fingerprint density at radius 1 is 1.06 bits per heavy atom. The van der Waals surface area contributed by atoms with Crippen molar-refractivity contribution in [2.45, 2.75) is 13.5 Å². The average Bonchev–Trinajstić information content (AvgIpc) is 2.23. The van der Waals surface area contributed by atoms with E-state index in [-0.39, 0.29) is 24.8 Å². The van der Waals surface area contributed by atoms with Crippen molar-refractivity contribution in [1.29, 1.82) is 0 Å². The van der Waals surface area contributed by atoms with Crippen LogP contribution in [-0.4, -0.2) is 31.1 Å². The summed E-state index contributed by atoms with van der Waals surface area (Å²) in [6, 6.07) is 8.85. The second-order valence-electron chi connectivity index (χ2n) is 4.01. The monoisotopic (exact) mass is 262 g/mol. The van der Waals surface area contributed by atoms with E-state index in [0.29, 0.717) is 0 Å². The highest BCUT2D eigenvalue weighted by Crippen LogP contribution is 2.07. The maximum absolute atomic E-state index is 3.37. The Morgan fingerprint density at radius 3 is 2.19 bits per heavy atom. The Balaban J connectivity index is 0.00000112. The minimum absolute atomic E-state index is 0. The van der Waals surface area contributed by atoms with Gasteiger partial charge in [0.25, 0.3) is 0 Å². The van der Waals surface area contributed by atoms with Gasteiger partial charge in [-0.25, -0.2) is 0 Å². The maximum Gasteiger partial charge on any atom is 0.0234 e. The fourth-order valence-corrected chi connectivity index (χ4v) is 1.82. The second-order valence-corrected chi connectivity index (χ2v) is 4.01. The van der Waals surface area contributed by atoms with E-state index in [4.69, 9.17) is 0 Å². The summed E-state index contributed by atoms with van der Waals surface area (Å²) >= 11 is 0. The lowest BCUT2D eigenvalue weighted by Gasteiger charge is -2.27. The first-order valence-electron chi connectivity index (χ1n) is 5.33. The predicted octanol–water partition coefficient (Wildman–Crippen LogP) is 2.24. The molecule has 1 aliphatic heterocycles. The van der Waals surface area contributed by atoms with Crippen LogP contribution in [0, 0.1) is 6.92 Å². The van der Waals surface area contributed by atoms with E-state index in [9.17, 15) is 0 Å². The number of hydrogen-bond donors (Lipinski definition) is 1. The molecule has 1 saturated heterocycles. The third-order valence-corrected chi connectivity index (χ3v) is 2.74. The third-order valence-electron chi connectivity index (χ3n) is 2.74. The standard InChI is InChI=1S/C12H18N2.2ClH/c1-11-2-4-12(5-3-11)10-14-8-6-13-7-9-14;;/h2-5,13H,6-10H2,1H3;2*1H. The topological polar surface area (TPSA) is 15.3 Å². The van der Waals surface area contributed by atoms with Crippen LogP contribution in [0.2, 0.25) is 0 Å². The highest BCUT2D eigenvalue weighted by Gasteiger charge is 2.08. The van der Waals surface area contributed by atoms with E-state index >= 15 is 0 Å². The summed E-state index contributed by atoms with van der Waals surface area (Å²) in [7, 11) is 0. The number of nitrogens with zero attached hydrogens (tertiary/aromatic N) is 1. The predicted molar refractivity (Wildman–Crippen MR) is 73.8 cm³/mol. The highest BCUT2D eigenvalue weighted by atomic mass is 35.5. The first-order chi connectivity index (χ1) is 6.84. The lowest BCUT2D eigenvalue weighted by molar-refractivity contribution is 0.233. The Hall–Kier alpha value is -0.280. The first kappa shape index (κ1) is 15.7. The lowest BCUT2D eigenvalue weighted by Crippen LogP contribution is -2.42. The van der Waals surface area contributed by atoms with Gasteiger partial charge in [0.1, 0.15) is 0 Å². The van der Waals surface area contributed by atoms with Crippen LogP contribution >= 0.6 is 24.8 Å². The molecule has 2 nitrogen and oxygen atoms in total. The van der Waals surface area contributed by atoms with Gasteiger partial charge in [0.2, 0.25) is 0 Å². The van der Waals surface area contributed by atoms with Crippen molar-refractivity contribution in [2.75, 3.05) is 26.2 Å². The van der Waals surface area contributed by atoms with Gasteiger partial charge < -0.3 is 5.32 Å². The van der Waals surface area contributed by atoms with E-state index in [2.05, 4.69) is 41.4 Å². The molecule has 92 valence electrons. The molecule has 1 N–H and O–H groups in total. The molecular formula is C12H20Cl2N2. The van der Waals surface area contributed by atoms with Crippen molar-refractivity contribution >= 4 is 24.8 Å². The van der Waals surface area contributed by atoms with E-state index in [0.717, 1.165) is 19.6 Å². The zero-order chi connectivity index (χ0) is 9.80. The minimum Gasteiger partial charge on any atom is -0.314 e. The van der Waals surface area contributed by atoms with Gasteiger partial charge >= 0.3 is 0 Å². The molecule has 0 saturated carbocycles. The van der Waals surface area contributed by atoms with Crippen molar-refractivity contribution in [3.8, 4) is 0 Å². The zero-order valence-corrected chi connectivity index (χ0v) is 11.2. The van der Waals surface area contributed by atoms with Gasteiger partial charge in [0.15, 0.2) is 0 Å². The average molecular weight is 263 g/mol. The van der Waals surface area contributed by atoms with E-state index in [1.54, 1.807) is 0 Å². The number of piperazine rings is 1. The van der Waals surface area contributed by atoms with Gasteiger partial charge in [-0.2, -0.15) is 0 Å². The molecule has 4 heteroatoms. The Kier molecular flexibility index (Phi) is 7.77. The summed E-state index contributed by atoms with van der Waals surface area (Å²) in [5, 5.41) is 3.37. The summed E-state index contributed by atoms with van der Waals surface area (Å²) in [5.74, 6) is 0. The summed E-state index contributed by atoms with van der Waals surface area (Å²) in [6.07, 6.45) is 0. The Bertz CT molecular complexity index is 282. The van der Waals surface area contributed by atoms with Crippen LogP contribution in [0.4, 0.5) is 0 Å². The van der Waals surface area contributed by atoms with Crippen LogP contribution in [0.15, 0.2) is 24.3 Å². The molecule has 0 aliphatic carbocycles. The molecule has 0 bridgehead atoms. The molecule has 0 radical (unpaired) electrons. The van der Waals surface area contributed by atoms with Crippen molar-refractivity contribution < 1.29 is 0 Å². The maximum atomic E-state index is 3.37. The van der Waals surface area contributed by atoms with Gasteiger partial charge in [0.05, 0.1) is 0 Å². The van der Waals surface area contributed by atoms with Gasteiger partial charge in [0, 0.05) is 32.7 Å². The molecule has 0 atom stereocenters. The van der Waals surface area contributed by atoms with Gasteiger partial charge in [-0.05, 0) is 12.5 Å². The molecule has 1 heterocycles. The van der Waals surface area contributed by atoms with E-state index < -0.39 is 0 Å². The summed E-state index contributed by atoms with van der Waals surface area (Å²) in [5.41, 5.74) is 2.77. The SMILES string of the molecule is Cc1ccc(CN2CCNCC2)cc1.Cl.Cl. The molecule has 0 aromatic heterocycles. The van der Waals surface area contributed by atoms with Crippen LogP contribution in [0.25, 0.3) is 0 Å². The first-order valence-corrected chi connectivity index (χ1v) is 5.33. The van der Waals surface area contributed by atoms with Gasteiger partial charge in [-0.15, -0.1) is 24.8 Å². The van der Waals surface area contributed by atoms with Crippen molar-refractivity contribution in [3.63, 3.8) is 0 Å². The smallest absolute Gasteiger partial charge is 0.0234 e. The molecule has 1 aromatic rings. The molecule has 0 spiro atoms. The Morgan fingerprint density at radius 2 is 1.62 bits per heavy atom. The number of aryl methyl sites for hydroxylation is 1. The van der Waals surface area contributed by atoms with Gasteiger partial charge in [-0.1, -0.05) is 29.8 Å². The molecule has 1 aromatic carbocycles. The van der Waals surface area contributed by atoms with Crippen molar-refractivity contribution in [3.05, 3.63) is 35.4 Å². The molecule has 1 fully saturated rings.